The quantitative estimate of drug-likeness (QED) is 0.377. The molecule has 1 aliphatic carbocycles. The van der Waals surface area contributed by atoms with E-state index >= 15 is 0 Å². The first kappa shape index (κ1) is 28.1. The standard InChI is InChI=1S/C29H33F6NO3/c1-16(36-21-3-2-4-22(36)14-19(13-21)27(37)38)18-6-5-17-7-12-25(26(24(17)15-18)29(33,34)35)39-23-10-8-20(9-11-23)28(30,31)32/h5-7,12,15-16,19-23H,2-4,8-11,13-14H2,1H3,(H,37,38). The molecule has 2 aromatic carbocycles. The summed E-state index contributed by atoms with van der Waals surface area (Å²) in [5, 5.41) is 9.96. The van der Waals surface area contributed by atoms with Gasteiger partial charge in [0.1, 0.15) is 11.3 Å². The molecule has 5 rings (SSSR count). The second-order valence-electron chi connectivity index (χ2n) is 11.4. The van der Waals surface area contributed by atoms with E-state index in [1.54, 1.807) is 18.2 Å². The number of fused-ring (bicyclic) bond motifs is 3. The van der Waals surface area contributed by atoms with Crippen LogP contribution in [0.5, 0.6) is 5.75 Å². The largest absolute Gasteiger partial charge is 0.490 e. The number of carboxylic acid groups (broad SMARTS) is 1. The van der Waals surface area contributed by atoms with Crippen molar-refractivity contribution in [3.63, 3.8) is 0 Å². The van der Waals surface area contributed by atoms with Crippen molar-refractivity contribution in [2.75, 3.05) is 0 Å². The van der Waals surface area contributed by atoms with Gasteiger partial charge in [-0.05, 0) is 86.8 Å². The number of alkyl halides is 6. The van der Waals surface area contributed by atoms with Crippen molar-refractivity contribution in [3.8, 4) is 5.75 Å². The highest BCUT2D eigenvalue weighted by Gasteiger charge is 2.44. The first-order chi connectivity index (χ1) is 18.3. The number of aliphatic carboxylic acids is 1. The van der Waals surface area contributed by atoms with Crippen LogP contribution in [-0.4, -0.2) is 40.3 Å². The normalized spacial score (nSPS) is 29.3. The number of nitrogens with zero attached hydrogens (tertiary/aromatic N) is 1. The maximum Gasteiger partial charge on any atom is 0.420 e. The third-order valence-corrected chi connectivity index (χ3v) is 9.03. The van der Waals surface area contributed by atoms with Gasteiger partial charge in [0.15, 0.2) is 0 Å². The van der Waals surface area contributed by atoms with E-state index in [0.717, 1.165) is 19.3 Å². The smallest absolute Gasteiger partial charge is 0.420 e. The Morgan fingerprint density at radius 2 is 1.56 bits per heavy atom. The molecule has 2 heterocycles. The zero-order chi connectivity index (χ0) is 28.1. The summed E-state index contributed by atoms with van der Waals surface area (Å²) in [6, 6.07) is 7.78. The molecule has 214 valence electrons. The second kappa shape index (κ2) is 10.5. The maximum atomic E-state index is 14.5. The van der Waals surface area contributed by atoms with Gasteiger partial charge in [-0.1, -0.05) is 24.6 Å². The molecule has 2 aliphatic heterocycles. The van der Waals surface area contributed by atoms with Crippen LogP contribution in [0.1, 0.15) is 81.9 Å². The summed E-state index contributed by atoms with van der Waals surface area (Å²) in [6.07, 6.45) is -6.17. The first-order valence-electron chi connectivity index (χ1n) is 13.7. The molecule has 0 spiro atoms. The van der Waals surface area contributed by atoms with Gasteiger partial charge < -0.3 is 9.84 Å². The molecule has 39 heavy (non-hydrogen) atoms. The van der Waals surface area contributed by atoms with Gasteiger partial charge in [-0.15, -0.1) is 0 Å². The van der Waals surface area contributed by atoms with Crippen LogP contribution in [0.15, 0.2) is 30.3 Å². The number of rotatable bonds is 5. The molecular formula is C29H33F6NO3. The minimum Gasteiger partial charge on any atom is -0.490 e. The molecule has 0 aromatic heterocycles. The maximum absolute atomic E-state index is 14.5. The van der Waals surface area contributed by atoms with E-state index in [0.29, 0.717) is 23.8 Å². The lowest BCUT2D eigenvalue weighted by Gasteiger charge is -2.51. The van der Waals surface area contributed by atoms with Crippen molar-refractivity contribution >= 4 is 16.7 Å². The number of halogens is 6. The van der Waals surface area contributed by atoms with Crippen LogP contribution >= 0.6 is 0 Å². The summed E-state index contributed by atoms with van der Waals surface area (Å²) >= 11 is 0. The van der Waals surface area contributed by atoms with Gasteiger partial charge >= 0.3 is 18.3 Å². The monoisotopic (exact) mass is 557 g/mol. The van der Waals surface area contributed by atoms with Crippen molar-refractivity contribution in [1.29, 1.82) is 0 Å². The summed E-state index contributed by atoms with van der Waals surface area (Å²) < 4.78 is 88.2. The zero-order valence-corrected chi connectivity index (χ0v) is 21.7. The van der Waals surface area contributed by atoms with E-state index < -0.39 is 41.8 Å². The number of carbonyl (C=O) groups is 1. The molecule has 2 bridgehead atoms. The number of hydrogen-bond acceptors (Lipinski definition) is 3. The highest BCUT2D eigenvalue weighted by atomic mass is 19.4. The molecular weight excluding hydrogens is 524 g/mol. The van der Waals surface area contributed by atoms with Crippen molar-refractivity contribution in [2.24, 2.45) is 11.8 Å². The minimum atomic E-state index is -4.73. The number of carboxylic acids is 1. The SMILES string of the molecule is CC(c1ccc2ccc(OC3CCC(C(F)(F)F)CC3)c(C(F)(F)F)c2c1)N1C2CCCC1CC(C(=O)O)C2. The van der Waals surface area contributed by atoms with Crippen LogP contribution in [0.25, 0.3) is 10.8 Å². The summed E-state index contributed by atoms with van der Waals surface area (Å²) in [6.45, 7) is 1.96. The molecule has 3 fully saturated rings. The Hall–Kier alpha value is -2.49. The van der Waals surface area contributed by atoms with Gasteiger partial charge in [-0.3, -0.25) is 9.69 Å². The third kappa shape index (κ3) is 5.72. The Bertz CT molecular complexity index is 1190. The Labute approximate surface area is 223 Å². The predicted octanol–water partition coefficient (Wildman–Crippen LogP) is 8.14. The molecule has 10 heteroatoms. The van der Waals surface area contributed by atoms with Crippen molar-refractivity contribution in [3.05, 3.63) is 41.5 Å². The molecule has 1 N–H and O–H groups in total. The summed E-state index contributed by atoms with van der Waals surface area (Å²) in [5.41, 5.74) is -0.196. The topological polar surface area (TPSA) is 49.8 Å². The Morgan fingerprint density at radius 3 is 2.13 bits per heavy atom. The number of piperidine rings is 2. The van der Waals surface area contributed by atoms with E-state index in [9.17, 15) is 36.2 Å². The van der Waals surface area contributed by atoms with Crippen LogP contribution in [0.3, 0.4) is 0 Å². The Morgan fingerprint density at radius 1 is 0.949 bits per heavy atom. The molecule has 4 nitrogen and oxygen atoms in total. The van der Waals surface area contributed by atoms with Crippen LogP contribution in [0.4, 0.5) is 26.3 Å². The lowest BCUT2D eigenvalue weighted by Crippen LogP contribution is -2.53. The van der Waals surface area contributed by atoms with Crippen molar-refractivity contribution < 1.29 is 41.0 Å². The highest BCUT2D eigenvalue weighted by molar-refractivity contribution is 5.89. The molecule has 1 saturated carbocycles. The third-order valence-electron chi connectivity index (χ3n) is 9.03. The average Bonchev–Trinajstić information content (AvgIpc) is 2.86. The lowest BCUT2D eigenvalue weighted by molar-refractivity contribution is -0.185. The van der Waals surface area contributed by atoms with Gasteiger partial charge in [0, 0.05) is 18.1 Å². The van der Waals surface area contributed by atoms with Gasteiger partial charge in [-0.25, -0.2) is 0 Å². The van der Waals surface area contributed by atoms with E-state index in [1.165, 1.54) is 6.07 Å². The molecule has 2 aromatic rings. The fourth-order valence-electron chi connectivity index (χ4n) is 7.08. The number of hydrogen-bond donors (Lipinski definition) is 1. The fraction of sp³-hybridized carbons (Fsp3) is 0.621. The van der Waals surface area contributed by atoms with E-state index in [-0.39, 0.29) is 54.9 Å². The Balaban J connectivity index is 1.44. The fourth-order valence-corrected chi connectivity index (χ4v) is 7.08. The van der Waals surface area contributed by atoms with Crippen molar-refractivity contribution in [2.45, 2.75) is 101 Å². The van der Waals surface area contributed by atoms with Gasteiger partial charge in [0.2, 0.25) is 0 Å². The van der Waals surface area contributed by atoms with Gasteiger partial charge in [0.05, 0.1) is 17.9 Å². The van der Waals surface area contributed by atoms with Gasteiger partial charge in [-0.2, -0.15) is 26.3 Å². The number of benzene rings is 2. The molecule has 0 amide bonds. The molecule has 3 unspecified atom stereocenters. The summed E-state index contributed by atoms with van der Waals surface area (Å²) in [4.78, 5) is 13.9. The van der Waals surface area contributed by atoms with E-state index in [2.05, 4.69) is 4.90 Å². The molecule has 3 aliphatic rings. The van der Waals surface area contributed by atoms with Crippen LogP contribution in [0.2, 0.25) is 0 Å². The van der Waals surface area contributed by atoms with E-state index in [1.807, 2.05) is 13.0 Å². The molecule has 2 saturated heterocycles. The molecule has 0 radical (unpaired) electrons. The zero-order valence-electron chi connectivity index (χ0n) is 21.7. The first-order valence-corrected chi connectivity index (χ1v) is 13.7. The number of ether oxygens (including phenoxy) is 1. The predicted molar refractivity (Wildman–Crippen MR) is 133 cm³/mol. The second-order valence-corrected chi connectivity index (χ2v) is 11.4. The van der Waals surface area contributed by atoms with E-state index in [4.69, 9.17) is 4.74 Å². The van der Waals surface area contributed by atoms with Crippen LogP contribution in [-0.2, 0) is 11.0 Å². The Kier molecular flexibility index (Phi) is 7.54. The van der Waals surface area contributed by atoms with Crippen molar-refractivity contribution in [1.82, 2.24) is 4.90 Å². The highest BCUT2D eigenvalue weighted by Crippen LogP contribution is 2.46. The van der Waals surface area contributed by atoms with Crippen LogP contribution < -0.4 is 4.74 Å². The van der Waals surface area contributed by atoms with Gasteiger partial charge in [0.25, 0.3) is 0 Å². The van der Waals surface area contributed by atoms with Crippen LogP contribution in [0, 0.1) is 11.8 Å². The lowest BCUT2D eigenvalue weighted by atomic mass is 9.77. The molecule has 3 atom stereocenters. The average molecular weight is 558 g/mol. The summed E-state index contributed by atoms with van der Waals surface area (Å²) in [7, 11) is 0. The minimum absolute atomic E-state index is 0.00101. The summed E-state index contributed by atoms with van der Waals surface area (Å²) in [5.74, 6) is -2.99.